The van der Waals surface area contributed by atoms with Crippen LogP contribution in [0.3, 0.4) is 0 Å². The van der Waals surface area contributed by atoms with E-state index < -0.39 is 0 Å². The van der Waals surface area contributed by atoms with E-state index in [1.807, 2.05) is 0 Å². The lowest BCUT2D eigenvalue weighted by Gasteiger charge is -2.77. The SMILES string of the molecule is CC1(C)CCC(C)(C)c2cc(N(c3ccc4c(c3)C3(c5ccccc5O4)C4CC5CC6CC3C64C5)c3ccc4oc5ccccc5c4c3)ccc21. The van der Waals surface area contributed by atoms with Gasteiger partial charge in [-0.15, -0.1) is 0 Å². The van der Waals surface area contributed by atoms with Crippen LogP contribution in [0.2, 0.25) is 0 Å². The van der Waals surface area contributed by atoms with E-state index >= 15 is 0 Å². The Kier molecular flexibility index (Phi) is 5.30. The van der Waals surface area contributed by atoms with Crippen molar-refractivity contribution in [3.8, 4) is 11.5 Å². The Morgan fingerprint density at radius 3 is 2.10 bits per heavy atom. The molecule has 3 heteroatoms. The van der Waals surface area contributed by atoms with Gasteiger partial charge in [-0.25, -0.2) is 0 Å². The molecule has 0 N–H and O–H groups in total. The van der Waals surface area contributed by atoms with Crippen molar-refractivity contribution in [2.75, 3.05) is 4.90 Å². The Balaban J connectivity index is 1.09. The topological polar surface area (TPSA) is 25.6 Å². The van der Waals surface area contributed by atoms with Gasteiger partial charge >= 0.3 is 0 Å². The highest BCUT2D eigenvalue weighted by Gasteiger charge is 2.84. The molecule has 3 nitrogen and oxygen atoms in total. The zero-order valence-corrected chi connectivity index (χ0v) is 30.1. The largest absolute Gasteiger partial charge is 0.457 e. The smallest absolute Gasteiger partial charge is 0.135 e. The first kappa shape index (κ1) is 29.1. The van der Waals surface area contributed by atoms with Crippen LogP contribution in [0.4, 0.5) is 17.1 Å². The molecule has 5 aliphatic carbocycles. The fourth-order valence-corrected chi connectivity index (χ4v) is 13.2. The fourth-order valence-electron chi connectivity index (χ4n) is 13.2. The molecule has 254 valence electrons. The van der Waals surface area contributed by atoms with Gasteiger partial charge in [0.15, 0.2) is 0 Å². The van der Waals surface area contributed by atoms with E-state index in [4.69, 9.17) is 9.15 Å². The Morgan fingerprint density at radius 2 is 1.24 bits per heavy atom. The van der Waals surface area contributed by atoms with Crippen LogP contribution >= 0.6 is 0 Å². The average molecular weight is 668 g/mol. The van der Waals surface area contributed by atoms with E-state index in [9.17, 15) is 0 Å². The van der Waals surface area contributed by atoms with Crippen LogP contribution in [0.25, 0.3) is 21.9 Å². The Bertz CT molecular complexity index is 2480. The second-order valence-corrected chi connectivity index (χ2v) is 18.5. The lowest BCUT2D eigenvalue weighted by molar-refractivity contribution is -0.235. The number of ether oxygens (including phenoxy) is 1. The van der Waals surface area contributed by atoms with Crippen molar-refractivity contribution in [1.82, 2.24) is 0 Å². The molecular weight excluding hydrogens is 623 g/mol. The van der Waals surface area contributed by atoms with Crippen molar-refractivity contribution in [2.24, 2.45) is 29.1 Å². The molecule has 2 heterocycles. The number of anilines is 3. The zero-order valence-electron chi connectivity index (χ0n) is 30.1. The van der Waals surface area contributed by atoms with Gasteiger partial charge in [-0.1, -0.05) is 70.2 Å². The van der Waals surface area contributed by atoms with Crippen molar-refractivity contribution in [3.63, 3.8) is 0 Å². The summed E-state index contributed by atoms with van der Waals surface area (Å²) < 4.78 is 13.2. The van der Waals surface area contributed by atoms with Crippen LogP contribution in [0.15, 0.2) is 108 Å². The first-order valence-corrected chi connectivity index (χ1v) is 19.5. The molecule has 4 fully saturated rings. The highest BCUT2D eigenvalue weighted by molar-refractivity contribution is 6.06. The molecule has 2 bridgehead atoms. The summed E-state index contributed by atoms with van der Waals surface area (Å²) in [6, 6.07) is 38.7. The van der Waals surface area contributed by atoms with E-state index in [1.54, 1.807) is 0 Å². The number of hydrogen-bond acceptors (Lipinski definition) is 3. The minimum Gasteiger partial charge on any atom is -0.457 e. The second-order valence-electron chi connectivity index (χ2n) is 18.5. The van der Waals surface area contributed by atoms with Crippen molar-refractivity contribution in [3.05, 3.63) is 125 Å². The average Bonchev–Trinajstić information content (AvgIpc) is 3.79. The van der Waals surface area contributed by atoms with Crippen LogP contribution in [-0.4, -0.2) is 0 Å². The van der Waals surface area contributed by atoms with E-state index in [2.05, 4.69) is 136 Å². The molecule has 5 aromatic carbocycles. The summed E-state index contributed by atoms with van der Waals surface area (Å²) in [7, 11) is 0. The van der Waals surface area contributed by atoms with Crippen LogP contribution in [-0.2, 0) is 16.2 Å². The predicted octanol–water partition coefficient (Wildman–Crippen LogP) is 12.9. The number of benzene rings is 5. The second kappa shape index (κ2) is 9.29. The standard InChI is InChI=1S/C48H45NO2/c1-45(2)19-20-46(3,4)37-25-31(13-16-35(37)45)49(30-14-17-40-34(24-30)33-9-5-7-11-39(33)50-40)32-15-18-42-38(26-32)48(36-10-6-8-12-41(36)51-42)43-22-28-21-29-23-44(48)47(29,43)27-28/h5-18,24-26,28-29,43-44H,19-23,27H2,1-4H3. The number of para-hydroxylation sites is 2. The summed E-state index contributed by atoms with van der Waals surface area (Å²) in [6.07, 6.45) is 8.06. The van der Waals surface area contributed by atoms with Gasteiger partial charge in [-0.2, -0.15) is 0 Å². The molecule has 2 spiro atoms. The summed E-state index contributed by atoms with van der Waals surface area (Å²) in [6.45, 7) is 9.71. The quantitative estimate of drug-likeness (QED) is 0.188. The van der Waals surface area contributed by atoms with E-state index in [0.29, 0.717) is 17.3 Å². The van der Waals surface area contributed by atoms with Gasteiger partial charge in [0.05, 0.1) is 0 Å². The molecule has 1 aliphatic heterocycles. The lowest BCUT2D eigenvalue weighted by Crippen LogP contribution is -2.74. The maximum absolute atomic E-state index is 6.84. The molecule has 6 atom stereocenters. The minimum absolute atomic E-state index is 0.0319. The van der Waals surface area contributed by atoms with Gasteiger partial charge in [0.2, 0.25) is 0 Å². The number of rotatable bonds is 3. The maximum atomic E-state index is 6.84. The van der Waals surface area contributed by atoms with Crippen molar-refractivity contribution in [1.29, 1.82) is 0 Å². The summed E-state index contributed by atoms with van der Waals surface area (Å²) in [5, 5.41) is 2.32. The molecule has 12 rings (SSSR count). The number of fused-ring (bicyclic) bond motifs is 11. The molecule has 6 unspecified atom stereocenters. The van der Waals surface area contributed by atoms with Crippen LogP contribution in [0.5, 0.6) is 11.5 Å². The number of furan rings is 1. The third-order valence-electron chi connectivity index (χ3n) is 15.4. The van der Waals surface area contributed by atoms with E-state index in [1.165, 1.54) is 72.2 Å². The van der Waals surface area contributed by atoms with Crippen molar-refractivity contribution >= 4 is 39.0 Å². The molecule has 0 radical (unpaired) electrons. The normalized spacial score (nSPS) is 30.9. The summed E-state index contributed by atoms with van der Waals surface area (Å²) in [5.74, 6) is 5.40. The number of nitrogens with zero attached hydrogens (tertiary/aromatic N) is 1. The minimum atomic E-state index is 0.0319. The molecule has 6 aromatic rings. The van der Waals surface area contributed by atoms with Gasteiger partial charge in [0.1, 0.15) is 22.7 Å². The molecule has 6 aliphatic rings. The predicted molar refractivity (Wildman–Crippen MR) is 206 cm³/mol. The van der Waals surface area contributed by atoms with Gasteiger partial charge in [0.25, 0.3) is 0 Å². The maximum Gasteiger partial charge on any atom is 0.135 e. The van der Waals surface area contributed by atoms with Crippen LogP contribution < -0.4 is 9.64 Å². The van der Waals surface area contributed by atoms with Gasteiger partial charge < -0.3 is 14.1 Å². The first-order valence-electron chi connectivity index (χ1n) is 19.5. The summed E-state index contributed by atoms with van der Waals surface area (Å²) >= 11 is 0. The van der Waals surface area contributed by atoms with Crippen molar-refractivity contribution in [2.45, 2.75) is 82.5 Å². The van der Waals surface area contributed by atoms with E-state index in [0.717, 1.165) is 51.0 Å². The summed E-state index contributed by atoms with van der Waals surface area (Å²) in [5.41, 5.74) is 12.1. The van der Waals surface area contributed by atoms with Crippen LogP contribution in [0.1, 0.15) is 88.5 Å². The fraction of sp³-hybridized carbons (Fsp3) is 0.375. The zero-order chi connectivity index (χ0) is 34.1. The van der Waals surface area contributed by atoms with Gasteiger partial charge in [0, 0.05) is 44.4 Å². The lowest BCUT2D eigenvalue weighted by atomic mass is 9.26. The Hall–Kier alpha value is -4.50. The third-order valence-corrected chi connectivity index (χ3v) is 15.4. The highest BCUT2D eigenvalue weighted by Crippen LogP contribution is 2.89. The highest BCUT2D eigenvalue weighted by atomic mass is 16.5. The third kappa shape index (κ3) is 3.43. The molecular formula is C48H45NO2. The molecule has 0 amide bonds. The Morgan fingerprint density at radius 1 is 0.569 bits per heavy atom. The molecule has 4 saturated carbocycles. The summed E-state index contributed by atoms with van der Waals surface area (Å²) in [4.78, 5) is 2.52. The first-order chi connectivity index (χ1) is 24.7. The van der Waals surface area contributed by atoms with Crippen LogP contribution in [0, 0.1) is 29.1 Å². The van der Waals surface area contributed by atoms with Crippen molar-refractivity contribution < 1.29 is 9.15 Å². The molecule has 51 heavy (non-hydrogen) atoms. The Labute approximate surface area is 300 Å². The molecule has 1 aromatic heterocycles. The van der Waals surface area contributed by atoms with E-state index in [-0.39, 0.29) is 16.2 Å². The van der Waals surface area contributed by atoms with Gasteiger partial charge in [-0.05, 0) is 150 Å². The van der Waals surface area contributed by atoms with Gasteiger partial charge in [-0.3, -0.25) is 0 Å². The number of hydrogen-bond donors (Lipinski definition) is 0. The monoisotopic (exact) mass is 667 g/mol. The molecule has 0 saturated heterocycles.